The molecule has 0 saturated carbocycles. The van der Waals surface area contributed by atoms with Crippen LogP contribution in [0.2, 0.25) is 0 Å². The summed E-state index contributed by atoms with van der Waals surface area (Å²) in [5.74, 6) is -2.08. The molecule has 0 N–H and O–H groups in total. The van der Waals surface area contributed by atoms with E-state index in [0.29, 0.717) is 0 Å². The molecule has 0 fully saturated rings. The Bertz CT molecular complexity index is 686. The number of ketones is 1. The summed E-state index contributed by atoms with van der Waals surface area (Å²) < 4.78 is 31.4. The van der Waals surface area contributed by atoms with E-state index in [2.05, 4.69) is 0 Å². The Hall–Kier alpha value is -2.83. The molecule has 5 nitrogen and oxygen atoms in total. The van der Waals surface area contributed by atoms with Gasteiger partial charge in [-0.05, 0) is 30.3 Å². The topological polar surface area (TPSA) is 69.4 Å². The number of nitro groups is 1. The molecule has 2 rings (SSSR count). The maximum atomic E-state index is 13.4. The SMILES string of the molecule is O=C(COc1ccc([N+](=O)[O-])cc1)c1cc(F)ccc1F. The lowest BCUT2D eigenvalue weighted by Gasteiger charge is -2.06. The molecular weight excluding hydrogens is 284 g/mol. The lowest BCUT2D eigenvalue weighted by atomic mass is 10.1. The van der Waals surface area contributed by atoms with Crippen molar-refractivity contribution >= 4 is 11.5 Å². The van der Waals surface area contributed by atoms with E-state index in [4.69, 9.17) is 4.74 Å². The third-order valence-corrected chi connectivity index (χ3v) is 2.65. The molecule has 0 aromatic heterocycles. The van der Waals surface area contributed by atoms with Crippen LogP contribution in [0.25, 0.3) is 0 Å². The highest BCUT2D eigenvalue weighted by molar-refractivity contribution is 5.97. The second kappa shape index (κ2) is 6.08. The number of hydrogen-bond acceptors (Lipinski definition) is 4. The molecule has 0 radical (unpaired) electrons. The molecule has 21 heavy (non-hydrogen) atoms. The highest BCUT2D eigenvalue weighted by Gasteiger charge is 2.14. The first-order valence-corrected chi connectivity index (χ1v) is 5.83. The van der Waals surface area contributed by atoms with E-state index in [1.165, 1.54) is 24.3 Å². The number of halogens is 2. The molecule has 0 saturated heterocycles. The summed E-state index contributed by atoms with van der Waals surface area (Å²) >= 11 is 0. The minimum absolute atomic E-state index is 0.121. The van der Waals surface area contributed by atoms with Crippen molar-refractivity contribution in [3.8, 4) is 5.75 Å². The van der Waals surface area contributed by atoms with Crippen LogP contribution in [-0.2, 0) is 0 Å². The summed E-state index contributed by atoms with van der Waals surface area (Å²) in [5, 5.41) is 10.5. The molecule has 0 spiro atoms. The minimum atomic E-state index is -0.839. The van der Waals surface area contributed by atoms with Crippen molar-refractivity contribution in [1.29, 1.82) is 0 Å². The van der Waals surface area contributed by atoms with E-state index in [9.17, 15) is 23.7 Å². The minimum Gasteiger partial charge on any atom is -0.485 e. The lowest BCUT2D eigenvalue weighted by molar-refractivity contribution is -0.384. The van der Waals surface area contributed by atoms with Crippen molar-refractivity contribution in [2.75, 3.05) is 6.61 Å². The van der Waals surface area contributed by atoms with Crippen LogP contribution in [0, 0.1) is 21.7 Å². The lowest BCUT2D eigenvalue weighted by Crippen LogP contribution is -2.13. The zero-order valence-corrected chi connectivity index (χ0v) is 10.6. The maximum Gasteiger partial charge on any atom is 0.269 e. The van der Waals surface area contributed by atoms with Crippen LogP contribution in [0.15, 0.2) is 42.5 Å². The second-order valence-electron chi connectivity index (χ2n) is 4.09. The maximum absolute atomic E-state index is 13.4. The third kappa shape index (κ3) is 3.59. The number of nitrogens with zero attached hydrogens (tertiary/aromatic N) is 1. The fourth-order valence-electron chi connectivity index (χ4n) is 1.60. The molecule has 7 heteroatoms. The van der Waals surface area contributed by atoms with Crippen LogP contribution in [0.3, 0.4) is 0 Å². The van der Waals surface area contributed by atoms with E-state index in [1.807, 2.05) is 0 Å². The molecule has 0 amide bonds. The Balaban J connectivity index is 2.04. The highest BCUT2D eigenvalue weighted by Crippen LogP contribution is 2.18. The average Bonchev–Trinajstić information content (AvgIpc) is 2.47. The molecule has 0 unspecified atom stereocenters. The standard InChI is InChI=1S/C14H9F2NO4/c15-9-1-6-13(16)12(7-9)14(18)8-21-11-4-2-10(3-5-11)17(19)20/h1-7H,8H2. The summed E-state index contributed by atoms with van der Waals surface area (Å²) in [5.41, 5.74) is -0.526. The van der Waals surface area contributed by atoms with Crippen molar-refractivity contribution in [3.05, 3.63) is 69.8 Å². The Morgan fingerprint density at radius 2 is 1.81 bits per heavy atom. The van der Waals surface area contributed by atoms with Gasteiger partial charge in [-0.3, -0.25) is 14.9 Å². The van der Waals surface area contributed by atoms with Gasteiger partial charge < -0.3 is 4.74 Å². The van der Waals surface area contributed by atoms with E-state index in [1.54, 1.807) is 0 Å². The number of carbonyl (C=O) groups excluding carboxylic acids is 1. The van der Waals surface area contributed by atoms with Crippen LogP contribution < -0.4 is 4.74 Å². The van der Waals surface area contributed by atoms with Gasteiger partial charge in [-0.15, -0.1) is 0 Å². The van der Waals surface area contributed by atoms with E-state index in [0.717, 1.165) is 18.2 Å². The van der Waals surface area contributed by atoms with Gasteiger partial charge in [0.2, 0.25) is 5.78 Å². The summed E-state index contributed by atoms with van der Waals surface area (Å²) in [7, 11) is 0. The number of carbonyl (C=O) groups is 1. The number of ether oxygens (including phenoxy) is 1. The highest BCUT2D eigenvalue weighted by atomic mass is 19.1. The van der Waals surface area contributed by atoms with Gasteiger partial charge in [0.05, 0.1) is 10.5 Å². The van der Waals surface area contributed by atoms with Crippen molar-refractivity contribution in [2.45, 2.75) is 0 Å². The Morgan fingerprint density at radius 3 is 2.43 bits per heavy atom. The van der Waals surface area contributed by atoms with E-state index < -0.39 is 34.5 Å². The van der Waals surface area contributed by atoms with Crippen molar-refractivity contribution in [2.24, 2.45) is 0 Å². The first-order valence-electron chi connectivity index (χ1n) is 5.83. The largest absolute Gasteiger partial charge is 0.485 e. The van der Waals surface area contributed by atoms with Gasteiger partial charge in [-0.1, -0.05) is 0 Å². The van der Waals surface area contributed by atoms with Crippen LogP contribution in [0.5, 0.6) is 5.75 Å². The number of nitro benzene ring substituents is 1. The second-order valence-corrected chi connectivity index (χ2v) is 4.09. The summed E-state index contributed by atoms with van der Waals surface area (Å²) in [6.07, 6.45) is 0. The quantitative estimate of drug-likeness (QED) is 0.482. The molecule has 0 aliphatic carbocycles. The number of rotatable bonds is 5. The van der Waals surface area contributed by atoms with Gasteiger partial charge in [0.15, 0.2) is 6.61 Å². The number of benzene rings is 2. The van der Waals surface area contributed by atoms with Gasteiger partial charge in [-0.25, -0.2) is 8.78 Å². The van der Waals surface area contributed by atoms with Gasteiger partial charge in [-0.2, -0.15) is 0 Å². The first-order chi connectivity index (χ1) is 9.97. The van der Waals surface area contributed by atoms with Crippen LogP contribution in [0.4, 0.5) is 14.5 Å². The van der Waals surface area contributed by atoms with E-state index >= 15 is 0 Å². The Labute approximate surface area is 117 Å². The predicted octanol–water partition coefficient (Wildman–Crippen LogP) is 3.13. The van der Waals surface area contributed by atoms with Gasteiger partial charge in [0.25, 0.3) is 5.69 Å². The summed E-state index contributed by atoms with van der Waals surface area (Å²) in [4.78, 5) is 21.6. The predicted molar refractivity (Wildman–Crippen MR) is 69.3 cm³/mol. The fraction of sp³-hybridized carbons (Fsp3) is 0.0714. The van der Waals surface area contributed by atoms with Gasteiger partial charge in [0, 0.05) is 12.1 Å². The molecule has 0 bridgehead atoms. The molecule has 2 aromatic rings. The zero-order valence-electron chi connectivity index (χ0n) is 10.6. The fourth-order valence-corrected chi connectivity index (χ4v) is 1.60. The number of hydrogen-bond donors (Lipinski definition) is 0. The molecule has 0 aliphatic rings. The molecule has 0 atom stereocenters. The van der Waals surface area contributed by atoms with Crippen molar-refractivity contribution in [1.82, 2.24) is 0 Å². The monoisotopic (exact) mass is 293 g/mol. The first kappa shape index (κ1) is 14.6. The molecular formula is C14H9F2NO4. The van der Waals surface area contributed by atoms with Gasteiger partial charge in [0.1, 0.15) is 17.4 Å². The summed E-state index contributed by atoms with van der Waals surface area (Å²) in [6.45, 7) is -0.502. The smallest absolute Gasteiger partial charge is 0.269 e. The third-order valence-electron chi connectivity index (χ3n) is 2.65. The zero-order chi connectivity index (χ0) is 15.4. The normalized spacial score (nSPS) is 10.2. The van der Waals surface area contributed by atoms with Gasteiger partial charge >= 0.3 is 0 Å². The average molecular weight is 293 g/mol. The molecule has 108 valence electrons. The van der Waals surface area contributed by atoms with E-state index in [-0.39, 0.29) is 11.4 Å². The Kier molecular flexibility index (Phi) is 4.22. The van der Waals surface area contributed by atoms with Crippen molar-refractivity contribution in [3.63, 3.8) is 0 Å². The Morgan fingerprint density at radius 1 is 1.14 bits per heavy atom. The molecule has 0 heterocycles. The number of non-ortho nitro benzene ring substituents is 1. The molecule has 0 aliphatic heterocycles. The summed E-state index contributed by atoms with van der Waals surface area (Å²) in [6, 6.07) is 7.60. The molecule has 2 aromatic carbocycles. The van der Waals surface area contributed by atoms with Crippen LogP contribution in [-0.4, -0.2) is 17.3 Å². The number of Topliss-reactive ketones (excluding diaryl/α,β-unsaturated/α-hetero) is 1. The van der Waals surface area contributed by atoms with Crippen LogP contribution in [0.1, 0.15) is 10.4 Å². The van der Waals surface area contributed by atoms with Crippen LogP contribution >= 0.6 is 0 Å². The van der Waals surface area contributed by atoms with Crippen molar-refractivity contribution < 1.29 is 23.2 Å².